The molecule has 0 saturated heterocycles. The highest BCUT2D eigenvalue weighted by Gasteiger charge is 2.44. The summed E-state index contributed by atoms with van der Waals surface area (Å²) in [6.07, 6.45) is 0.968. The topological polar surface area (TPSA) is 39.1 Å². The maximum absolute atomic E-state index is 13.9. The first-order chi connectivity index (χ1) is 15.6. The number of hydrogen-bond acceptors (Lipinski definition) is 2. The molecule has 1 aromatic heterocycles. The highest BCUT2D eigenvalue weighted by atomic mass is 32.2. The lowest BCUT2D eigenvalue weighted by atomic mass is 9.86. The Bertz CT molecular complexity index is 1440. The molecule has 5 rings (SSSR count). The predicted octanol–water partition coefficient (Wildman–Crippen LogP) is 7.06. The maximum Gasteiger partial charge on any atom is 0.268 e. The molecule has 1 fully saturated rings. The molecule has 0 amide bonds. The van der Waals surface area contributed by atoms with Gasteiger partial charge in [0.25, 0.3) is 10.0 Å². The standard InChI is InChI=1S/C29H31NO2S/c1-19-10-16-23(17-11-19)33(31,32)30-27-9-7-6-8-24(27)20(2)28(30)26-18-25(26)21-12-14-22(15-13-21)29(3,4)5/h6-17,25-26H,18H2,1-5H3/t25-,26?/m0/s1. The van der Waals surface area contributed by atoms with E-state index in [1.807, 2.05) is 43.3 Å². The predicted molar refractivity (Wildman–Crippen MR) is 136 cm³/mol. The lowest BCUT2D eigenvalue weighted by molar-refractivity contribution is 0.586. The van der Waals surface area contributed by atoms with Crippen molar-refractivity contribution in [2.75, 3.05) is 0 Å². The number of benzene rings is 3. The van der Waals surface area contributed by atoms with Gasteiger partial charge in [-0.3, -0.25) is 0 Å². The van der Waals surface area contributed by atoms with Crippen LogP contribution in [0.1, 0.15) is 67.0 Å². The number of aryl methyl sites for hydroxylation is 2. The second-order valence-corrected chi connectivity index (χ2v) is 12.2. The van der Waals surface area contributed by atoms with Gasteiger partial charge in [-0.05, 0) is 66.5 Å². The number of hydrogen-bond donors (Lipinski definition) is 0. The van der Waals surface area contributed by atoms with Crippen LogP contribution in [0.15, 0.2) is 77.7 Å². The van der Waals surface area contributed by atoms with E-state index < -0.39 is 10.0 Å². The molecule has 0 spiro atoms. The van der Waals surface area contributed by atoms with E-state index >= 15 is 0 Å². The van der Waals surface area contributed by atoms with Gasteiger partial charge >= 0.3 is 0 Å². The van der Waals surface area contributed by atoms with Crippen LogP contribution in [0.5, 0.6) is 0 Å². The van der Waals surface area contributed by atoms with Crippen molar-refractivity contribution in [1.29, 1.82) is 0 Å². The minimum absolute atomic E-state index is 0.118. The van der Waals surface area contributed by atoms with Gasteiger partial charge in [0.05, 0.1) is 10.4 Å². The third-order valence-electron chi connectivity index (χ3n) is 7.04. The lowest BCUT2D eigenvalue weighted by Crippen LogP contribution is -2.16. The summed E-state index contributed by atoms with van der Waals surface area (Å²) < 4.78 is 29.4. The van der Waals surface area contributed by atoms with E-state index in [0.29, 0.717) is 10.8 Å². The third-order valence-corrected chi connectivity index (χ3v) is 8.78. The van der Waals surface area contributed by atoms with Crippen LogP contribution < -0.4 is 0 Å². The minimum Gasteiger partial charge on any atom is -0.237 e. The number of rotatable bonds is 4. The fourth-order valence-electron chi connectivity index (χ4n) is 4.99. The van der Waals surface area contributed by atoms with Crippen molar-refractivity contribution in [2.24, 2.45) is 0 Å². The van der Waals surface area contributed by atoms with Crippen LogP contribution in [-0.2, 0) is 15.4 Å². The molecule has 33 heavy (non-hydrogen) atoms. The molecule has 1 aliphatic carbocycles. The van der Waals surface area contributed by atoms with E-state index in [1.165, 1.54) is 11.1 Å². The molecule has 1 heterocycles. The molecular weight excluding hydrogens is 426 g/mol. The van der Waals surface area contributed by atoms with Gasteiger partial charge in [-0.2, -0.15) is 0 Å². The van der Waals surface area contributed by atoms with Crippen LogP contribution in [0, 0.1) is 13.8 Å². The van der Waals surface area contributed by atoms with Crippen LogP contribution in [0.25, 0.3) is 10.9 Å². The van der Waals surface area contributed by atoms with Crippen LogP contribution >= 0.6 is 0 Å². The molecule has 1 saturated carbocycles. The molecule has 170 valence electrons. The smallest absolute Gasteiger partial charge is 0.237 e. The number of fused-ring (bicyclic) bond motifs is 1. The summed E-state index contributed by atoms with van der Waals surface area (Å²) in [6.45, 7) is 10.7. The molecule has 0 aliphatic heterocycles. The Morgan fingerprint density at radius 1 is 0.818 bits per heavy atom. The quantitative estimate of drug-likeness (QED) is 0.329. The highest BCUT2D eigenvalue weighted by Crippen LogP contribution is 2.57. The third kappa shape index (κ3) is 3.71. The van der Waals surface area contributed by atoms with Gasteiger partial charge in [-0.15, -0.1) is 0 Å². The van der Waals surface area contributed by atoms with Crippen LogP contribution in [0.2, 0.25) is 0 Å². The average molecular weight is 458 g/mol. The Morgan fingerprint density at radius 2 is 1.45 bits per heavy atom. The molecule has 0 bridgehead atoms. The first-order valence-corrected chi connectivity index (χ1v) is 13.1. The highest BCUT2D eigenvalue weighted by molar-refractivity contribution is 7.90. The summed E-state index contributed by atoms with van der Waals surface area (Å²) in [7, 11) is -3.71. The summed E-state index contributed by atoms with van der Waals surface area (Å²) >= 11 is 0. The van der Waals surface area contributed by atoms with Crippen molar-refractivity contribution in [3.8, 4) is 0 Å². The number of nitrogens with zero attached hydrogens (tertiary/aromatic N) is 1. The van der Waals surface area contributed by atoms with E-state index in [4.69, 9.17) is 0 Å². The van der Waals surface area contributed by atoms with E-state index in [2.05, 4.69) is 52.0 Å². The Hall–Kier alpha value is -2.85. The van der Waals surface area contributed by atoms with Gasteiger partial charge in [0.15, 0.2) is 0 Å². The summed E-state index contributed by atoms with van der Waals surface area (Å²) in [4.78, 5) is 0.335. The molecular formula is C29H31NO2S. The molecule has 0 N–H and O–H groups in total. The van der Waals surface area contributed by atoms with Crippen molar-refractivity contribution >= 4 is 20.9 Å². The van der Waals surface area contributed by atoms with Crippen LogP contribution in [0.3, 0.4) is 0 Å². The molecule has 2 atom stereocenters. The largest absolute Gasteiger partial charge is 0.268 e. The fraction of sp³-hybridized carbons (Fsp3) is 0.310. The van der Waals surface area contributed by atoms with Gasteiger partial charge < -0.3 is 0 Å². The van der Waals surface area contributed by atoms with Gasteiger partial charge in [0.2, 0.25) is 0 Å². The van der Waals surface area contributed by atoms with E-state index in [9.17, 15) is 8.42 Å². The molecule has 4 aromatic rings. The summed E-state index contributed by atoms with van der Waals surface area (Å²) in [6, 6.07) is 23.9. The van der Waals surface area contributed by atoms with E-state index in [0.717, 1.165) is 34.1 Å². The van der Waals surface area contributed by atoms with Crippen molar-refractivity contribution in [3.05, 3.63) is 101 Å². The average Bonchev–Trinajstić information content (AvgIpc) is 3.51. The molecule has 0 radical (unpaired) electrons. The zero-order valence-electron chi connectivity index (χ0n) is 20.0. The first-order valence-electron chi connectivity index (χ1n) is 11.6. The van der Waals surface area contributed by atoms with Crippen molar-refractivity contribution in [1.82, 2.24) is 3.97 Å². The van der Waals surface area contributed by atoms with Gasteiger partial charge in [0, 0.05) is 17.0 Å². The molecule has 1 unspecified atom stereocenters. The SMILES string of the molecule is Cc1ccc(S(=O)(=O)n2c(C3C[C@H]3c3ccc(C(C)(C)C)cc3)c(C)c3ccccc32)cc1. The Morgan fingerprint density at radius 3 is 2.09 bits per heavy atom. The zero-order valence-corrected chi connectivity index (χ0v) is 20.8. The van der Waals surface area contributed by atoms with E-state index in [1.54, 1.807) is 16.1 Å². The molecule has 1 aliphatic rings. The van der Waals surface area contributed by atoms with Crippen LogP contribution in [0.4, 0.5) is 0 Å². The molecule has 4 heteroatoms. The van der Waals surface area contributed by atoms with Gasteiger partial charge in [-0.1, -0.05) is 80.9 Å². The van der Waals surface area contributed by atoms with E-state index in [-0.39, 0.29) is 11.3 Å². The number of aromatic nitrogens is 1. The lowest BCUT2D eigenvalue weighted by Gasteiger charge is -2.19. The molecule has 3 nitrogen and oxygen atoms in total. The molecule has 3 aromatic carbocycles. The van der Waals surface area contributed by atoms with Gasteiger partial charge in [0.1, 0.15) is 0 Å². The normalized spacial score (nSPS) is 18.6. The van der Waals surface area contributed by atoms with Crippen molar-refractivity contribution in [2.45, 2.75) is 63.2 Å². The minimum atomic E-state index is -3.71. The maximum atomic E-state index is 13.9. The Balaban J connectivity index is 1.61. The second kappa shape index (κ2) is 7.59. The summed E-state index contributed by atoms with van der Waals surface area (Å²) in [5.74, 6) is 0.534. The van der Waals surface area contributed by atoms with Gasteiger partial charge in [-0.25, -0.2) is 12.4 Å². The van der Waals surface area contributed by atoms with Crippen molar-refractivity contribution in [3.63, 3.8) is 0 Å². The Kier molecular flexibility index (Phi) is 5.06. The van der Waals surface area contributed by atoms with Crippen molar-refractivity contribution < 1.29 is 8.42 Å². The number of para-hydroxylation sites is 1. The summed E-state index contributed by atoms with van der Waals surface area (Å²) in [5.41, 5.74) is 6.53. The second-order valence-electron chi connectivity index (χ2n) is 10.4. The fourth-order valence-corrected chi connectivity index (χ4v) is 6.63. The first kappa shape index (κ1) is 22.0. The monoisotopic (exact) mass is 457 g/mol. The Labute approximate surface area is 197 Å². The zero-order chi connectivity index (χ0) is 23.5. The van der Waals surface area contributed by atoms with Crippen LogP contribution in [-0.4, -0.2) is 12.4 Å². The summed E-state index contributed by atoms with van der Waals surface area (Å²) in [5, 5.41) is 1.01.